The molecule has 2 aromatic heterocycles. The summed E-state index contributed by atoms with van der Waals surface area (Å²) in [5.41, 5.74) is 1.97. The molecule has 4 aromatic rings. The van der Waals surface area contributed by atoms with Crippen molar-refractivity contribution in [2.75, 3.05) is 12.4 Å². The van der Waals surface area contributed by atoms with Gasteiger partial charge in [-0.1, -0.05) is 60.3 Å². The van der Waals surface area contributed by atoms with E-state index in [2.05, 4.69) is 9.97 Å². The van der Waals surface area contributed by atoms with Gasteiger partial charge in [0, 0.05) is 16.2 Å². The third kappa shape index (κ3) is 4.13. The number of para-hydroxylation sites is 1. The SMILES string of the molecule is Cc1sc2nc(SCCCOc3ccccc3)[nH]c(=O)c2c1-c1ccccc1. The van der Waals surface area contributed by atoms with Crippen LogP contribution >= 0.6 is 23.1 Å². The zero-order chi connectivity index (χ0) is 19.3. The van der Waals surface area contributed by atoms with Gasteiger partial charge in [-0.25, -0.2) is 4.98 Å². The number of aromatic nitrogens is 2. The monoisotopic (exact) mass is 408 g/mol. The molecule has 28 heavy (non-hydrogen) atoms. The summed E-state index contributed by atoms with van der Waals surface area (Å²) in [4.78, 5) is 22.3. The fraction of sp³-hybridized carbons (Fsp3) is 0.182. The number of rotatable bonds is 7. The molecule has 0 aliphatic carbocycles. The summed E-state index contributed by atoms with van der Waals surface area (Å²) in [6, 6.07) is 19.8. The molecule has 0 radical (unpaired) electrons. The molecule has 2 aromatic carbocycles. The molecule has 0 aliphatic rings. The Bertz CT molecular complexity index is 1120. The van der Waals surface area contributed by atoms with E-state index in [4.69, 9.17) is 4.74 Å². The highest BCUT2D eigenvalue weighted by atomic mass is 32.2. The Kier molecular flexibility index (Phi) is 5.78. The summed E-state index contributed by atoms with van der Waals surface area (Å²) in [7, 11) is 0. The molecule has 1 N–H and O–H groups in total. The number of H-pyrrole nitrogens is 1. The van der Waals surface area contributed by atoms with Crippen LogP contribution in [0, 0.1) is 6.92 Å². The summed E-state index contributed by atoms with van der Waals surface area (Å²) in [5.74, 6) is 1.71. The molecule has 0 saturated heterocycles. The van der Waals surface area contributed by atoms with Crippen LogP contribution in [0.15, 0.2) is 70.6 Å². The third-order valence-corrected chi connectivity index (χ3v) is 6.28. The van der Waals surface area contributed by atoms with E-state index in [0.29, 0.717) is 17.1 Å². The second-order valence-corrected chi connectivity index (χ2v) is 8.60. The lowest BCUT2D eigenvalue weighted by molar-refractivity contribution is 0.318. The fourth-order valence-electron chi connectivity index (χ4n) is 3.05. The number of aryl methyl sites for hydroxylation is 1. The molecule has 2 heterocycles. The van der Waals surface area contributed by atoms with Crippen LogP contribution in [0.1, 0.15) is 11.3 Å². The number of hydrogen-bond donors (Lipinski definition) is 1. The summed E-state index contributed by atoms with van der Waals surface area (Å²) in [6.45, 7) is 2.68. The van der Waals surface area contributed by atoms with Crippen LogP contribution < -0.4 is 10.3 Å². The number of ether oxygens (including phenoxy) is 1. The van der Waals surface area contributed by atoms with Gasteiger partial charge < -0.3 is 9.72 Å². The largest absolute Gasteiger partial charge is 0.494 e. The normalized spacial score (nSPS) is 11.0. The van der Waals surface area contributed by atoms with Gasteiger partial charge >= 0.3 is 0 Å². The van der Waals surface area contributed by atoms with E-state index in [-0.39, 0.29) is 5.56 Å². The first-order valence-electron chi connectivity index (χ1n) is 9.12. The van der Waals surface area contributed by atoms with Crippen molar-refractivity contribution < 1.29 is 4.74 Å². The lowest BCUT2D eigenvalue weighted by atomic mass is 10.0. The van der Waals surface area contributed by atoms with Crippen molar-refractivity contribution in [1.82, 2.24) is 9.97 Å². The predicted molar refractivity (Wildman–Crippen MR) is 118 cm³/mol. The van der Waals surface area contributed by atoms with Gasteiger partial charge in [-0.3, -0.25) is 4.79 Å². The molecule has 142 valence electrons. The Morgan fingerprint density at radius 1 is 1.07 bits per heavy atom. The molecule has 0 unspecified atom stereocenters. The summed E-state index contributed by atoms with van der Waals surface area (Å²) in [6.07, 6.45) is 0.875. The minimum Gasteiger partial charge on any atom is -0.494 e. The van der Waals surface area contributed by atoms with Crippen LogP contribution in [0.3, 0.4) is 0 Å². The number of fused-ring (bicyclic) bond motifs is 1. The van der Waals surface area contributed by atoms with Crippen molar-refractivity contribution in [2.24, 2.45) is 0 Å². The van der Waals surface area contributed by atoms with Gasteiger partial charge in [0.15, 0.2) is 5.16 Å². The lowest BCUT2D eigenvalue weighted by Gasteiger charge is -2.05. The average molecular weight is 409 g/mol. The molecule has 0 spiro atoms. The highest BCUT2D eigenvalue weighted by Crippen LogP contribution is 2.35. The first-order valence-corrected chi connectivity index (χ1v) is 10.9. The molecule has 0 atom stereocenters. The van der Waals surface area contributed by atoms with Gasteiger partial charge in [0.2, 0.25) is 0 Å². The van der Waals surface area contributed by atoms with Crippen molar-refractivity contribution in [3.8, 4) is 16.9 Å². The number of hydrogen-bond acceptors (Lipinski definition) is 5. The molecule has 6 heteroatoms. The Morgan fingerprint density at radius 3 is 2.54 bits per heavy atom. The topological polar surface area (TPSA) is 55.0 Å². The van der Waals surface area contributed by atoms with Gasteiger partial charge in [-0.15, -0.1) is 11.3 Å². The maximum absolute atomic E-state index is 12.8. The predicted octanol–water partition coefficient (Wildman–Crippen LogP) is 5.52. The smallest absolute Gasteiger partial charge is 0.260 e. The average Bonchev–Trinajstić information content (AvgIpc) is 3.05. The van der Waals surface area contributed by atoms with E-state index in [1.54, 1.807) is 23.1 Å². The van der Waals surface area contributed by atoms with Crippen molar-refractivity contribution >= 4 is 33.3 Å². The number of thioether (sulfide) groups is 1. The highest BCUT2D eigenvalue weighted by Gasteiger charge is 2.16. The molecule has 4 rings (SSSR count). The van der Waals surface area contributed by atoms with Gasteiger partial charge in [0.1, 0.15) is 10.6 Å². The zero-order valence-electron chi connectivity index (χ0n) is 15.5. The van der Waals surface area contributed by atoms with E-state index in [0.717, 1.165) is 38.8 Å². The third-order valence-electron chi connectivity index (χ3n) is 4.32. The second-order valence-electron chi connectivity index (χ2n) is 6.31. The molecule has 0 bridgehead atoms. The van der Waals surface area contributed by atoms with Crippen LogP contribution in [0.2, 0.25) is 0 Å². The number of nitrogens with one attached hydrogen (secondary N) is 1. The minimum atomic E-state index is -0.0729. The van der Waals surface area contributed by atoms with Crippen LogP contribution in [-0.4, -0.2) is 22.3 Å². The van der Waals surface area contributed by atoms with E-state index in [9.17, 15) is 4.79 Å². The number of aromatic amines is 1. The first kappa shape index (κ1) is 18.8. The fourth-order valence-corrected chi connectivity index (χ4v) is 4.93. The standard InChI is InChI=1S/C22H20N2O2S2/c1-15-18(16-9-4-2-5-10-16)19-20(25)23-22(24-21(19)28-15)27-14-8-13-26-17-11-6-3-7-12-17/h2-7,9-12H,8,13-14H2,1H3,(H,23,24,25). The molecule has 4 nitrogen and oxygen atoms in total. The summed E-state index contributed by atoms with van der Waals surface area (Å²) in [5, 5.41) is 1.35. The first-order chi connectivity index (χ1) is 13.7. The molecular weight excluding hydrogens is 388 g/mol. The van der Waals surface area contributed by atoms with Crippen molar-refractivity contribution in [3.05, 3.63) is 75.9 Å². The van der Waals surface area contributed by atoms with Gasteiger partial charge in [0.25, 0.3) is 5.56 Å². The van der Waals surface area contributed by atoms with Crippen LogP contribution in [-0.2, 0) is 0 Å². The number of benzene rings is 2. The quantitative estimate of drug-likeness (QED) is 0.248. The number of thiophene rings is 1. The van der Waals surface area contributed by atoms with Crippen molar-refractivity contribution in [3.63, 3.8) is 0 Å². The van der Waals surface area contributed by atoms with Crippen molar-refractivity contribution in [1.29, 1.82) is 0 Å². The van der Waals surface area contributed by atoms with E-state index >= 15 is 0 Å². The maximum Gasteiger partial charge on any atom is 0.260 e. The molecule has 0 saturated carbocycles. The minimum absolute atomic E-state index is 0.0729. The molecule has 0 aliphatic heterocycles. The van der Waals surface area contributed by atoms with E-state index in [1.807, 2.05) is 67.6 Å². The maximum atomic E-state index is 12.8. The van der Waals surface area contributed by atoms with Crippen LogP contribution in [0.5, 0.6) is 5.75 Å². The Balaban J connectivity index is 1.45. The molecular formula is C22H20N2O2S2. The Labute approximate surface area is 171 Å². The van der Waals surface area contributed by atoms with Crippen molar-refractivity contribution in [2.45, 2.75) is 18.5 Å². The van der Waals surface area contributed by atoms with Gasteiger partial charge in [-0.05, 0) is 31.0 Å². The van der Waals surface area contributed by atoms with E-state index in [1.165, 1.54) is 0 Å². The van der Waals surface area contributed by atoms with Crippen LogP contribution in [0.25, 0.3) is 21.3 Å². The van der Waals surface area contributed by atoms with E-state index < -0.39 is 0 Å². The lowest BCUT2D eigenvalue weighted by Crippen LogP contribution is -2.09. The highest BCUT2D eigenvalue weighted by molar-refractivity contribution is 7.99. The second kappa shape index (κ2) is 8.63. The molecule has 0 fully saturated rings. The Morgan fingerprint density at radius 2 is 1.79 bits per heavy atom. The summed E-state index contributed by atoms with van der Waals surface area (Å²) >= 11 is 3.13. The Hall–Kier alpha value is -2.57. The molecule has 0 amide bonds. The van der Waals surface area contributed by atoms with Gasteiger partial charge in [-0.2, -0.15) is 0 Å². The summed E-state index contributed by atoms with van der Waals surface area (Å²) < 4.78 is 5.70. The van der Waals surface area contributed by atoms with Gasteiger partial charge in [0.05, 0.1) is 12.0 Å². The zero-order valence-corrected chi connectivity index (χ0v) is 17.1. The van der Waals surface area contributed by atoms with Crippen LogP contribution in [0.4, 0.5) is 0 Å². The number of nitrogens with zero attached hydrogens (tertiary/aromatic N) is 1.